The van der Waals surface area contributed by atoms with Gasteiger partial charge in [-0.05, 0) is 30.0 Å². The second-order valence-corrected chi connectivity index (χ2v) is 5.11. The standard InChI is InChI=1S/C15H24N2O2/c1-12(2)13-7-5-8-14(11-13)19-10-6-9-15(18)16-17(3)4/h5,7-8,11-12H,6,9-10H2,1-4H3,(H,16,18). The van der Waals surface area contributed by atoms with E-state index in [0.29, 0.717) is 25.4 Å². The second-order valence-electron chi connectivity index (χ2n) is 5.11. The molecule has 0 aliphatic rings. The molecule has 0 fully saturated rings. The number of hydrazine groups is 1. The summed E-state index contributed by atoms with van der Waals surface area (Å²) in [6.07, 6.45) is 1.19. The molecular formula is C15H24N2O2. The molecule has 4 heteroatoms. The van der Waals surface area contributed by atoms with Crippen LogP contribution < -0.4 is 10.2 Å². The molecule has 1 aromatic rings. The van der Waals surface area contributed by atoms with Gasteiger partial charge in [0.25, 0.3) is 0 Å². The van der Waals surface area contributed by atoms with Crippen LogP contribution in [-0.2, 0) is 4.79 Å². The second kappa shape index (κ2) is 7.79. The number of carbonyl (C=O) groups excluding carboxylic acids is 1. The van der Waals surface area contributed by atoms with Crippen molar-refractivity contribution in [3.05, 3.63) is 29.8 Å². The van der Waals surface area contributed by atoms with Crippen molar-refractivity contribution in [1.29, 1.82) is 0 Å². The Morgan fingerprint density at radius 1 is 1.37 bits per heavy atom. The van der Waals surface area contributed by atoms with Crippen molar-refractivity contribution < 1.29 is 9.53 Å². The Morgan fingerprint density at radius 3 is 2.74 bits per heavy atom. The molecule has 0 aromatic heterocycles. The maximum atomic E-state index is 11.4. The number of nitrogens with zero attached hydrogens (tertiary/aromatic N) is 1. The molecule has 106 valence electrons. The molecule has 0 heterocycles. The quantitative estimate of drug-likeness (QED) is 0.608. The smallest absolute Gasteiger partial charge is 0.234 e. The van der Waals surface area contributed by atoms with Crippen molar-refractivity contribution in [1.82, 2.24) is 10.4 Å². The highest BCUT2D eigenvalue weighted by atomic mass is 16.5. The van der Waals surface area contributed by atoms with E-state index in [4.69, 9.17) is 4.74 Å². The molecule has 0 radical (unpaired) electrons. The lowest BCUT2D eigenvalue weighted by Crippen LogP contribution is -2.36. The third kappa shape index (κ3) is 6.25. The Labute approximate surface area is 115 Å². The van der Waals surface area contributed by atoms with Gasteiger partial charge in [0.1, 0.15) is 5.75 Å². The van der Waals surface area contributed by atoms with E-state index in [2.05, 4.69) is 31.4 Å². The first kappa shape index (κ1) is 15.5. The van der Waals surface area contributed by atoms with Crippen molar-refractivity contribution in [3.8, 4) is 5.75 Å². The number of hydrogen-bond acceptors (Lipinski definition) is 3. The third-order valence-electron chi connectivity index (χ3n) is 2.69. The van der Waals surface area contributed by atoms with Crippen molar-refractivity contribution in [2.45, 2.75) is 32.6 Å². The third-order valence-corrected chi connectivity index (χ3v) is 2.69. The van der Waals surface area contributed by atoms with Gasteiger partial charge in [-0.25, -0.2) is 5.01 Å². The lowest BCUT2D eigenvalue weighted by Gasteiger charge is -2.12. The molecular weight excluding hydrogens is 240 g/mol. The van der Waals surface area contributed by atoms with Crippen molar-refractivity contribution in [2.75, 3.05) is 20.7 Å². The van der Waals surface area contributed by atoms with Crippen LogP contribution in [0.2, 0.25) is 0 Å². The Kier molecular flexibility index (Phi) is 6.36. The minimum Gasteiger partial charge on any atom is -0.494 e. The molecule has 19 heavy (non-hydrogen) atoms. The van der Waals surface area contributed by atoms with Gasteiger partial charge in [0, 0.05) is 20.5 Å². The van der Waals surface area contributed by atoms with E-state index in [0.717, 1.165) is 5.75 Å². The van der Waals surface area contributed by atoms with E-state index >= 15 is 0 Å². The number of hydrogen-bond donors (Lipinski definition) is 1. The molecule has 0 atom stereocenters. The van der Waals surface area contributed by atoms with Gasteiger partial charge in [-0.15, -0.1) is 0 Å². The fourth-order valence-electron chi connectivity index (χ4n) is 1.69. The highest BCUT2D eigenvalue weighted by Gasteiger charge is 2.03. The molecule has 0 aliphatic carbocycles. The highest BCUT2D eigenvalue weighted by Crippen LogP contribution is 2.20. The summed E-state index contributed by atoms with van der Waals surface area (Å²) in [5.41, 5.74) is 3.97. The van der Waals surface area contributed by atoms with E-state index in [9.17, 15) is 4.79 Å². The van der Waals surface area contributed by atoms with Crippen LogP contribution in [0, 0.1) is 0 Å². The average Bonchev–Trinajstić information content (AvgIpc) is 2.34. The zero-order valence-electron chi connectivity index (χ0n) is 12.3. The Morgan fingerprint density at radius 2 is 2.11 bits per heavy atom. The van der Waals surface area contributed by atoms with Crippen LogP contribution in [0.25, 0.3) is 0 Å². The summed E-state index contributed by atoms with van der Waals surface area (Å²) in [6.45, 7) is 4.87. The summed E-state index contributed by atoms with van der Waals surface area (Å²) in [5, 5.41) is 1.65. The first-order chi connectivity index (χ1) is 8.99. The molecule has 1 amide bonds. The summed E-state index contributed by atoms with van der Waals surface area (Å²) in [5.74, 6) is 1.39. The summed E-state index contributed by atoms with van der Waals surface area (Å²) in [6, 6.07) is 8.11. The van der Waals surface area contributed by atoms with Gasteiger partial charge in [0.2, 0.25) is 5.91 Å². The van der Waals surface area contributed by atoms with Crippen LogP contribution in [0.15, 0.2) is 24.3 Å². The molecule has 0 saturated carbocycles. The molecule has 0 spiro atoms. The predicted molar refractivity (Wildman–Crippen MR) is 77.1 cm³/mol. The highest BCUT2D eigenvalue weighted by molar-refractivity contribution is 5.75. The topological polar surface area (TPSA) is 41.6 Å². The number of amides is 1. The normalized spacial score (nSPS) is 10.8. The van der Waals surface area contributed by atoms with Gasteiger partial charge in [-0.3, -0.25) is 10.2 Å². The zero-order chi connectivity index (χ0) is 14.3. The number of rotatable bonds is 7. The van der Waals surface area contributed by atoms with Crippen molar-refractivity contribution in [3.63, 3.8) is 0 Å². The Hall–Kier alpha value is -1.55. The fourth-order valence-corrected chi connectivity index (χ4v) is 1.69. The SMILES string of the molecule is CC(C)c1cccc(OCCCC(=O)NN(C)C)c1. The van der Waals surface area contributed by atoms with E-state index in [1.165, 1.54) is 5.56 Å². The monoisotopic (exact) mass is 264 g/mol. The lowest BCUT2D eigenvalue weighted by molar-refractivity contribution is -0.125. The molecule has 0 aliphatic heterocycles. The summed E-state index contributed by atoms with van der Waals surface area (Å²) in [7, 11) is 3.59. The number of nitrogens with one attached hydrogen (secondary N) is 1. The van der Waals surface area contributed by atoms with Crippen LogP contribution in [-0.4, -0.2) is 31.6 Å². The maximum absolute atomic E-state index is 11.4. The number of ether oxygens (including phenoxy) is 1. The van der Waals surface area contributed by atoms with E-state index in [1.807, 2.05) is 12.1 Å². The minimum absolute atomic E-state index is 0.0181. The molecule has 1 N–H and O–H groups in total. The van der Waals surface area contributed by atoms with Gasteiger partial charge < -0.3 is 4.74 Å². The molecule has 0 bridgehead atoms. The van der Waals surface area contributed by atoms with Gasteiger partial charge in [0.05, 0.1) is 6.61 Å². The first-order valence-corrected chi connectivity index (χ1v) is 6.68. The van der Waals surface area contributed by atoms with E-state index in [1.54, 1.807) is 19.1 Å². The Bertz CT molecular complexity index is 403. The van der Waals surface area contributed by atoms with Gasteiger partial charge in [-0.1, -0.05) is 26.0 Å². The fraction of sp³-hybridized carbons (Fsp3) is 0.533. The van der Waals surface area contributed by atoms with Crippen LogP contribution in [0.1, 0.15) is 38.2 Å². The minimum atomic E-state index is 0.0181. The van der Waals surface area contributed by atoms with E-state index < -0.39 is 0 Å². The number of carbonyl (C=O) groups is 1. The summed E-state index contributed by atoms with van der Waals surface area (Å²) in [4.78, 5) is 11.4. The lowest BCUT2D eigenvalue weighted by atomic mass is 10.0. The van der Waals surface area contributed by atoms with Crippen LogP contribution in [0.4, 0.5) is 0 Å². The predicted octanol–water partition coefficient (Wildman–Crippen LogP) is 2.56. The maximum Gasteiger partial charge on any atom is 0.234 e. The van der Waals surface area contributed by atoms with Crippen LogP contribution in [0.5, 0.6) is 5.75 Å². The largest absolute Gasteiger partial charge is 0.494 e. The van der Waals surface area contributed by atoms with Crippen LogP contribution in [0.3, 0.4) is 0 Å². The summed E-state index contributed by atoms with van der Waals surface area (Å²) >= 11 is 0. The van der Waals surface area contributed by atoms with Crippen molar-refractivity contribution >= 4 is 5.91 Å². The molecule has 0 unspecified atom stereocenters. The van der Waals surface area contributed by atoms with Crippen LogP contribution >= 0.6 is 0 Å². The number of benzene rings is 1. The first-order valence-electron chi connectivity index (χ1n) is 6.68. The molecule has 4 nitrogen and oxygen atoms in total. The average molecular weight is 264 g/mol. The molecule has 1 rings (SSSR count). The van der Waals surface area contributed by atoms with Crippen molar-refractivity contribution in [2.24, 2.45) is 0 Å². The zero-order valence-corrected chi connectivity index (χ0v) is 12.3. The Balaban J connectivity index is 2.29. The molecule has 0 saturated heterocycles. The molecule has 1 aromatic carbocycles. The van der Waals surface area contributed by atoms with E-state index in [-0.39, 0.29) is 5.91 Å². The summed E-state index contributed by atoms with van der Waals surface area (Å²) < 4.78 is 5.66. The van der Waals surface area contributed by atoms with Gasteiger partial charge in [0.15, 0.2) is 0 Å². The van der Waals surface area contributed by atoms with Gasteiger partial charge in [-0.2, -0.15) is 0 Å². The van der Waals surface area contributed by atoms with Gasteiger partial charge >= 0.3 is 0 Å².